The van der Waals surface area contributed by atoms with E-state index in [1.165, 1.54) is 6.07 Å². The Morgan fingerprint density at radius 1 is 1.22 bits per heavy atom. The van der Waals surface area contributed by atoms with Crippen molar-refractivity contribution < 1.29 is 18.0 Å². The summed E-state index contributed by atoms with van der Waals surface area (Å²) in [4.78, 5) is 15.0. The first-order chi connectivity index (χ1) is 10.8. The molecule has 0 spiro atoms. The van der Waals surface area contributed by atoms with Gasteiger partial charge in [-0.25, -0.2) is 0 Å². The molecular weight excluding hydrogens is 305 g/mol. The molecule has 2 heterocycles. The average Bonchev–Trinajstić information content (AvgIpc) is 2.74. The van der Waals surface area contributed by atoms with Crippen molar-refractivity contribution in [2.24, 2.45) is 5.92 Å². The number of alkyl halides is 3. The lowest BCUT2D eigenvalue weighted by Gasteiger charge is -2.35. The molecule has 2 aliphatic rings. The van der Waals surface area contributed by atoms with E-state index in [9.17, 15) is 18.0 Å². The van der Waals surface area contributed by atoms with Gasteiger partial charge in [-0.1, -0.05) is 0 Å². The Hall–Kier alpha value is -1.87. The fraction of sp³-hybridized carbons (Fsp3) is 0.529. The van der Waals surface area contributed by atoms with Crippen molar-refractivity contribution in [2.45, 2.75) is 43.9 Å². The van der Waals surface area contributed by atoms with Crippen molar-refractivity contribution in [1.29, 1.82) is 5.26 Å². The van der Waals surface area contributed by atoms with Gasteiger partial charge in [0.15, 0.2) is 5.78 Å². The van der Waals surface area contributed by atoms with E-state index in [0.717, 1.165) is 25.0 Å². The summed E-state index contributed by atoms with van der Waals surface area (Å²) < 4.78 is 38.8. The molecule has 23 heavy (non-hydrogen) atoms. The van der Waals surface area contributed by atoms with Gasteiger partial charge in [0.05, 0.1) is 17.2 Å². The van der Waals surface area contributed by atoms with Crippen LogP contribution in [0.15, 0.2) is 18.2 Å². The zero-order valence-corrected chi connectivity index (χ0v) is 12.7. The van der Waals surface area contributed by atoms with E-state index in [-0.39, 0.29) is 22.8 Å². The summed E-state index contributed by atoms with van der Waals surface area (Å²) in [6.45, 7) is 0. The van der Waals surface area contributed by atoms with Crippen molar-refractivity contribution >= 4 is 5.78 Å². The van der Waals surface area contributed by atoms with Gasteiger partial charge < -0.3 is 4.90 Å². The van der Waals surface area contributed by atoms with E-state index >= 15 is 0 Å². The Kier molecular flexibility index (Phi) is 3.93. The predicted octanol–water partition coefficient (Wildman–Crippen LogP) is 3.63. The number of piperidine rings is 1. The number of hydrogen-bond acceptors (Lipinski definition) is 3. The zero-order chi connectivity index (χ0) is 16.8. The highest BCUT2D eigenvalue weighted by atomic mass is 19.4. The van der Waals surface area contributed by atoms with Crippen LogP contribution in [0, 0.1) is 17.2 Å². The highest BCUT2D eigenvalue weighted by molar-refractivity contribution is 5.98. The monoisotopic (exact) mass is 322 g/mol. The maximum atomic E-state index is 12.9. The minimum absolute atomic E-state index is 0.00493. The van der Waals surface area contributed by atoms with Crippen LogP contribution in [-0.4, -0.2) is 29.8 Å². The first-order valence-corrected chi connectivity index (χ1v) is 7.68. The Bertz CT molecular complexity index is 663. The number of nitrogens with zero attached hydrogens (tertiary/aromatic N) is 2. The van der Waals surface area contributed by atoms with Crippen LogP contribution in [-0.2, 0) is 6.18 Å². The zero-order valence-electron chi connectivity index (χ0n) is 12.7. The molecule has 6 heteroatoms. The van der Waals surface area contributed by atoms with Crippen molar-refractivity contribution in [3.05, 3.63) is 34.9 Å². The molecular formula is C17H17F3N2O. The molecule has 2 fully saturated rings. The van der Waals surface area contributed by atoms with Gasteiger partial charge in [0.1, 0.15) is 0 Å². The van der Waals surface area contributed by atoms with E-state index in [0.29, 0.717) is 24.9 Å². The van der Waals surface area contributed by atoms with Crippen LogP contribution >= 0.6 is 0 Å². The molecule has 2 atom stereocenters. The minimum atomic E-state index is -4.56. The number of fused-ring (bicyclic) bond motifs is 2. The number of Topliss-reactive ketones (excluding diaryl/α,β-unsaturated/α-hetero) is 1. The van der Waals surface area contributed by atoms with Crippen LogP contribution in [0.25, 0.3) is 0 Å². The van der Waals surface area contributed by atoms with Gasteiger partial charge in [-0.3, -0.25) is 4.79 Å². The molecule has 2 aliphatic heterocycles. The molecule has 122 valence electrons. The van der Waals surface area contributed by atoms with E-state index in [4.69, 9.17) is 5.26 Å². The highest BCUT2D eigenvalue weighted by Gasteiger charge is 2.41. The molecule has 0 aliphatic carbocycles. The highest BCUT2D eigenvalue weighted by Crippen LogP contribution is 2.39. The van der Waals surface area contributed by atoms with Gasteiger partial charge in [-0.2, -0.15) is 18.4 Å². The van der Waals surface area contributed by atoms with Gasteiger partial charge in [-0.15, -0.1) is 0 Å². The quantitative estimate of drug-likeness (QED) is 0.781. The third kappa shape index (κ3) is 2.98. The van der Waals surface area contributed by atoms with Crippen molar-refractivity contribution in [2.75, 3.05) is 7.05 Å². The lowest BCUT2D eigenvalue weighted by Crippen LogP contribution is -2.42. The maximum Gasteiger partial charge on any atom is 0.416 e. The molecule has 0 N–H and O–H groups in total. The standard InChI is InChI=1S/C17H17F3N2O/c1-22-14-2-3-15(22)8-12(7-14)16(23)11-4-10(9-21)5-13(6-11)17(18,19)20/h4-6,12,14-15H,2-3,7-8H2,1H3. The lowest BCUT2D eigenvalue weighted by molar-refractivity contribution is -0.137. The molecule has 0 aromatic heterocycles. The molecule has 2 unspecified atom stereocenters. The van der Waals surface area contributed by atoms with Gasteiger partial charge in [0.25, 0.3) is 0 Å². The fourth-order valence-electron chi connectivity index (χ4n) is 3.86. The molecule has 3 rings (SSSR count). The molecule has 0 saturated carbocycles. The van der Waals surface area contributed by atoms with E-state index in [2.05, 4.69) is 4.90 Å². The van der Waals surface area contributed by atoms with E-state index in [1.54, 1.807) is 6.07 Å². The van der Waals surface area contributed by atoms with Crippen molar-refractivity contribution in [1.82, 2.24) is 4.90 Å². The molecule has 0 radical (unpaired) electrons. The van der Waals surface area contributed by atoms with Crippen LogP contribution in [0.3, 0.4) is 0 Å². The first kappa shape index (κ1) is 16.0. The number of halogens is 3. The van der Waals surface area contributed by atoms with Gasteiger partial charge in [0.2, 0.25) is 0 Å². The average molecular weight is 322 g/mol. The topological polar surface area (TPSA) is 44.1 Å². The second-order valence-electron chi connectivity index (χ2n) is 6.49. The Labute approximate surface area is 132 Å². The summed E-state index contributed by atoms with van der Waals surface area (Å²) >= 11 is 0. The number of hydrogen-bond donors (Lipinski definition) is 0. The second-order valence-corrected chi connectivity index (χ2v) is 6.49. The van der Waals surface area contributed by atoms with Gasteiger partial charge in [0, 0.05) is 23.6 Å². The molecule has 1 aromatic carbocycles. The lowest BCUT2D eigenvalue weighted by atomic mass is 9.84. The van der Waals surface area contributed by atoms with Crippen molar-refractivity contribution in [3.8, 4) is 6.07 Å². The third-order valence-corrected chi connectivity index (χ3v) is 5.14. The maximum absolute atomic E-state index is 12.9. The van der Waals surface area contributed by atoms with E-state index in [1.807, 2.05) is 7.05 Å². The molecule has 1 aromatic rings. The molecule has 0 amide bonds. The SMILES string of the molecule is CN1C2CCC1CC(C(=O)c1cc(C#N)cc(C(F)(F)F)c1)C2. The fourth-order valence-corrected chi connectivity index (χ4v) is 3.86. The Morgan fingerprint density at radius 3 is 2.35 bits per heavy atom. The summed E-state index contributed by atoms with van der Waals surface area (Å²) in [7, 11) is 2.04. The number of rotatable bonds is 2. The summed E-state index contributed by atoms with van der Waals surface area (Å²) in [5.74, 6) is -0.517. The second kappa shape index (κ2) is 5.64. The van der Waals surface area contributed by atoms with E-state index < -0.39 is 11.7 Å². The smallest absolute Gasteiger partial charge is 0.300 e. The normalized spacial score (nSPS) is 27.7. The first-order valence-electron chi connectivity index (χ1n) is 7.68. The molecule has 2 saturated heterocycles. The minimum Gasteiger partial charge on any atom is -0.300 e. The molecule has 3 nitrogen and oxygen atoms in total. The van der Waals surface area contributed by atoms with Gasteiger partial charge in [-0.05, 0) is 50.9 Å². The van der Waals surface area contributed by atoms with Crippen LogP contribution in [0.1, 0.15) is 47.2 Å². The molecule has 2 bridgehead atoms. The Morgan fingerprint density at radius 2 is 1.83 bits per heavy atom. The summed E-state index contributed by atoms with van der Waals surface area (Å²) in [5.41, 5.74) is -1.06. The van der Waals surface area contributed by atoms with Crippen LogP contribution in [0.5, 0.6) is 0 Å². The number of ketones is 1. The van der Waals surface area contributed by atoms with Crippen LogP contribution < -0.4 is 0 Å². The summed E-state index contributed by atoms with van der Waals surface area (Å²) in [6.07, 6.45) is -1.12. The van der Waals surface area contributed by atoms with Gasteiger partial charge >= 0.3 is 6.18 Å². The predicted molar refractivity (Wildman–Crippen MR) is 77.8 cm³/mol. The number of nitriles is 1. The van der Waals surface area contributed by atoms with Crippen LogP contribution in [0.2, 0.25) is 0 Å². The van der Waals surface area contributed by atoms with Crippen LogP contribution in [0.4, 0.5) is 13.2 Å². The summed E-state index contributed by atoms with van der Waals surface area (Å²) in [6, 6.07) is 5.33. The number of carbonyl (C=O) groups excluding carboxylic acids is 1. The number of carbonyl (C=O) groups is 1. The third-order valence-electron chi connectivity index (χ3n) is 5.14. The largest absolute Gasteiger partial charge is 0.416 e. The number of benzene rings is 1. The Balaban J connectivity index is 1.89. The summed E-state index contributed by atoms with van der Waals surface area (Å²) in [5, 5.41) is 8.94. The van der Waals surface area contributed by atoms with Crippen molar-refractivity contribution in [3.63, 3.8) is 0 Å².